The van der Waals surface area contributed by atoms with Gasteiger partial charge in [0.05, 0.1) is 0 Å². The van der Waals surface area contributed by atoms with Crippen LogP contribution in [0.2, 0.25) is 5.02 Å². The minimum atomic E-state index is 0.0511. The highest BCUT2D eigenvalue weighted by atomic mass is 35.5. The van der Waals surface area contributed by atoms with E-state index in [9.17, 15) is 4.79 Å². The van der Waals surface area contributed by atoms with E-state index < -0.39 is 0 Å². The fraction of sp³-hybridized carbons (Fsp3) is 0.417. The highest BCUT2D eigenvalue weighted by Crippen LogP contribution is 2.09. The summed E-state index contributed by atoms with van der Waals surface area (Å²) in [5.74, 6) is 0.152. The van der Waals surface area contributed by atoms with Gasteiger partial charge in [0.1, 0.15) is 0 Å². The maximum atomic E-state index is 11.3. The summed E-state index contributed by atoms with van der Waals surface area (Å²) in [4.78, 5) is 11.3. The first-order chi connectivity index (χ1) is 7.09. The summed E-state index contributed by atoms with van der Waals surface area (Å²) in [5.41, 5.74) is 1.18. The maximum Gasteiger partial charge on any atom is 0.222 e. The van der Waals surface area contributed by atoms with Gasteiger partial charge in [-0.05, 0) is 24.1 Å². The molecule has 0 aliphatic heterocycles. The number of halogens is 1. The molecule has 0 aliphatic carbocycles. The molecular weight excluding hydrogens is 210 g/mol. The zero-order chi connectivity index (χ0) is 11.3. The molecule has 1 N–H and O–H groups in total. The van der Waals surface area contributed by atoms with Crippen molar-refractivity contribution < 1.29 is 4.79 Å². The van der Waals surface area contributed by atoms with E-state index in [0.717, 1.165) is 11.4 Å². The molecule has 0 aliphatic rings. The Morgan fingerprint density at radius 1 is 1.33 bits per heavy atom. The van der Waals surface area contributed by atoms with Gasteiger partial charge in [-0.1, -0.05) is 37.6 Å². The monoisotopic (exact) mass is 225 g/mol. The highest BCUT2D eigenvalue weighted by molar-refractivity contribution is 6.30. The van der Waals surface area contributed by atoms with Gasteiger partial charge in [-0.15, -0.1) is 0 Å². The van der Waals surface area contributed by atoms with Crippen molar-refractivity contribution in [3.63, 3.8) is 0 Å². The van der Waals surface area contributed by atoms with Gasteiger partial charge in [0.15, 0.2) is 0 Å². The van der Waals surface area contributed by atoms with E-state index in [0.29, 0.717) is 6.54 Å². The lowest BCUT2D eigenvalue weighted by Crippen LogP contribution is -2.29. The average molecular weight is 226 g/mol. The quantitative estimate of drug-likeness (QED) is 0.839. The Morgan fingerprint density at radius 2 is 1.93 bits per heavy atom. The Kier molecular flexibility index (Phi) is 4.63. The predicted molar refractivity (Wildman–Crippen MR) is 63.0 cm³/mol. The second kappa shape index (κ2) is 5.76. The Labute approximate surface area is 95.6 Å². The molecule has 1 amide bonds. The summed E-state index contributed by atoms with van der Waals surface area (Å²) in [7, 11) is 0. The van der Waals surface area contributed by atoms with Gasteiger partial charge >= 0.3 is 0 Å². The first-order valence-electron chi connectivity index (χ1n) is 5.11. The second-order valence-corrected chi connectivity index (χ2v) is 4.26. The topological polar surface area (TPSA) is 29.1 Å². The van der Waals surface area contributed by atoms with E-state index in [1.807, 2.05) is 38.1 Å². The van der Waals surface area contributed by atoms with E-state index in [2.05, 4.69) is 5.32 Å². The zero-order valence-electron chi connectivity index (χ0n) is 9.09. The van der Waals surface area contributed by atoms with Gasteiger partial charge < -0.3 is 5.32 Å². The first-order valence-corrected chi connectivity index (χ1v) is 5.49. The molecule has 2 nitrogen and oxygen atoms in total. The molecule has 3 heteroatoms. The van der Waals surface area contributed by atoms with Crippen LogP contribution in [0.4, 0.5) is 0 Å². The standard InChI is InChI=1S/C12H16ClNO/c1-9(2)12(15)14-8-7-10-3-5-11(13)6-4-10/h3-6,9H,7-8H2,1-2H3,(H,14,15). The number of hydrogen-bond acceptors (Lipinski definition) is 1. The molecule has 0 aromatic heterocycles. The molecule has 15 heavy (non-hydrogen) atoms. The van der Waals surface area contributed by atoms with Crippen LogP contribution in [0.5, 0.6) is 0 Å². The van der Waals surface area contributed by atoms with Crippen molar-refractivity contribution in [2.75, 3.05) is 6.54 Å². The minimum absolute atomic E-state index is 0.0511. The molecule has 0 saturated carbocycles. The Bertz CT molecular complexity index is 319. The van der Waals surface area contributed by atoms with Gasteiger partial charge in [0, 0.05) is 17.5 Å². The summed E-state index contributed by atoms with van der Waals surface area (Å²) in [5, 5.41) is 3.61. The van der Waals surface area contributed by atoms with Crippen LogP contribution < -0.4 is 5.32 Å². The second-order valence-electron chi connectivity index (χ2n) is 3.82. The van der Waals surface area contributed by atoms with E-state index in [1.54, 1.807) is 0 Å². The lowest BCUT2D eigenvalue weighted by molar-refractivity contribution is -0.123. The van der Waals surface area contributed by atoms with Crippen LogP contribution >= 0.6 is 11.6 Å². The molecule has 0 fully saturated rings. The number of nitrogens with one attached hydrogen (secondary N) is 1. The van der Waals surface area contributed by atoms with E-state index >= 15 is 0 Å². The summed E-state index contributed by atoms with van der Waals surface area (Å²) in [6, 6.07) is 7.68. The predicted octanol–water partition coefficient (Wildman–Crippen LogP) is 2.65. The number of rotatable bonds is 4. The van der Waals surface area contributed by atoms with Crippen LogP contribution in [0.15, 0.2) is 24.3 Å². The Hall–Kier alpha value is -1.02. The third-order valence-corrected chi connectivity index (χ3v) is 2.40. The number of carbonyl (C=O) groups is 1. The van der Waals surface area contributed by atoms with Crippen LogP contribution in [-0.2, 0) is 11.2 Å². The molecule has 1 rings (SSSR count). The van der Waals surface area contributed by atoms with Crippen molar-refractivity contribution >= 4 is 17.5 Å². The van der Waals surface area contributed by atoms with E-state index in [4.69, 9.17) is 11.6 Å². The number of amides is 1. The highest BCUT2D eigenvalue weighted by Gasteiger charge is 2.04. The summed E-state index contributed by atoms with van der Waals surface area (Å²) in [6.07, 6.45) is 0.843. The SMILES string of the molecule is CC(C)C(=O)NCCc1ccc(Cl)cc1. The van der Waals surface area contributed by atoms with E-state index in [1.165, 1.54) is 5.56 Å². The third kappa shape index (κ3) is 4.34. The largest absolute Gasteiger partial charge is 0.356 e. The number of benzene rings is 1. The molecule has 1 aromatic carbocycles. The number of carbonyl (C=O) groups excluding carboxylic acids is 1. The fourth-order valence-corrected chi connectivity index (χ4v) is 1.31. The molecule has 0 unspecified atom stereocenters. The van der Waals surface area contributed by atoms with Crippen molar-refractivity contribution in [1.82, 2.24) is 5.32 Å². The van der Waals surface area contributed by atoms with Crippen molar-refractivity contribution in [3.05, 3.63) is 34.9 Å². The van der Waals surface area contributed by atoms with Crippen LogP contribution in [0.1, 0.15) is 19.4 Å². The van der Waals surface area contributed by atoms with E-state index in [-0.39, 0.29) is 11.8 Å². The molecule has 1 aromatic rings. The van der Waals surface area contributed by atoms with Crippen LogP contribution in [0.3, 0.4) is 0 Å². The zero-order valence-corrected chi connectivity index (χ0v) is 9.84. The first kappa shape index (κ1) is 12.1. The molecule has 82 valence electrons. The van der Waals surface area contributed by atoms with Crippen molar-refractivity contribution in [3.8, 4) is 0 Å². The van der Waals surface area contributed by atoms with Gasteiger partial charge in [-0.2, -0.15) is 0 Å². The molecule has 0 spiro atoms. The van der Waals surface area contributed by atoms with Crippen molar-refractivity contribution in [2.45, 2.75) is 20.3 Å². The maximum absolute atomic E-state index is 11.3. The van der Waals surface area contributed by atoms with Gasteiger partial charge in [-0.25, -0.2) is 0 Å². The summed E-state index contributed by atoms with van der Waals surface area (Å²) >= 11 is 5.77. The van der Waals surface area contributed by atoms with Gasteiger partial charge in [-0.3, -0.25) is 4.79 Å². The lowest BCUT2D eigenvalue weighted by Gasteiger charge is -2.07. The molecule has 0 bridgehead atoms. The lowest BCUT2D eigenvalue weighted by atomic mass is 10.1. The molecular formula is C12H16ClNO. The summed E-state index contributed by atoms with van der Waals surface area (Å²) < 4.78 is 0. The van der Waals surface area contributed by atoms with Crippen molar-refractivity contribution in [2.24, 2.45) is 5.92 Å². The molecule has 0 heterocycles. The Balaban J connectivity index is 2.32. The minimum Gasteiger partial charge on any atom is -0.356 e. The molecule has 0 saturated heterocycles. The fourth-order valence-electron chi connectivity index (χ4n) is 1.19. The van der Waals surface area contributed by atoms with Crippen LogP contribution in [0, 0.1) is 5.92 Å². The van der Waals surface area contributed by atoms with Crippen LogP contribution in [0.25, 0.3) is 0 Å². The van der Waals surface area contributed by atoms with Gasteiger partial charge in [0.25, 0.3) is 0 Å². The normalized spacial score (nSPS) is 10.4. The van der Waals surface area contributed by atoms with Crippen LogP contribution in [-0.4, -0.2) is 12.5 Å². The average Bonchev–Trinajstić information content (AvgIpc) is 2.20. The molecule has 0 radical (unpaired) electrons. The van der Waals surface area contributed by atoms with Crippen molar-refractivity contribution in [1.29, 1.82) is 0 Å². The smallest absolute Gasteiger partial charge is 0.222 e. The van der Waals surface area contributed by atoms with Gasteiger partial charge in [0.2, 0.25) is 5.91 Å². The Morgan fingerprint density at radius 3 is 2.47 bits per heavy atom. The number of hydrogen-bond donors (Lipinski definition) is 1. The third-order valence-electron chi connectivity index (χ3n) is 2.15. The molecule has 0 atom stereocenters. The summed E-state index contributed by atoms with van der Waals surface area (Å²) in [6.45, 7) is 4.45.